The van der Waals surface area contributed by atoms with Crippen molar-refractivity contribution in [3.63, 3.8) is 0 Å². The lowest BCUT2D eigenvalue weighted by molar-refractivity contribution is 0.905. The summed E-state index contributed by atoms with van der Waals surface area (Å²) in [6.45, 7) is 0. The topological polar surface area (TPSA) is 63.6 Å². The number of hydrogen-bond acceptors (Lipinski definition) is 6. The van der Waals surface area contributed by atoms with E-state index < -0.39 is 0 Å². The summed E-state index contributed by atoms with van der Waals surface area (Å²) in [4.78, 5) is 16.1. The zero-order valence-corrected chi connectivity index (χ0v) is 11.0. The summed E-state index contributed by atoms with van der Waals surface area (Å²) < 4.78 is 0. The molecule has 0 aliphatic rings. The lowest BCUT2D eigenvalue weighted by Crippen LogP contribution is -2.00. The highest BCUT2D eigenvalue weighted by Crippen LogP contribution is 2.29. The van der Waals surface area contributed by atoms with Crippen molar-refractivity contribution in [2.45, 2.75) is 10.2 Å². The van der Waals surface area contributed by atoms with Crippen molar-refractivity contribution in [2.24, 2.45) is 0 Å². The number of rotatable bonds is 3. The highest BCUT2D eigenvalue weighted by Gasteiger charge is 2.09. The SMILES string of the molecule is CNc1nc(Cl)nc(Sc2ncccc2Cl)n1. The van der Waals surface area contributed by atoms with Gasteiger partial charge in [0.25, 0.3) is 0 Å². The predicted molar refractivity (Wildman–Crippen MR) is 67.8 cm³/mol. The van der Waals surface area contributed by atoms with Gasteiger partial charge in [-0.2, -0.15) is 15.0 Å². The highest BCUT2D eigenvalue weighted by atomic mass is 35.5. The molecule has 2 heterocycles. The summed E-state index contributed by atoms with van der Waals surface area (Å²) in [6.07, 6.45) is 1.65. The van der Waals surface area contributed by atoms with Gasteiger partial charge in [0.15, 0.2) is 5.16 Å². The number of hydrogen-bond donors (Lipinski definition) is 1. The van der Waals surface area contributed by atoms with Crippen LogP contribution in [0.25, 0.3) is 0 Å². The highest BCUT2D eigenvalue weighted by molar-refractivity contribution is 7.99. The van der Waals surface area contributed by atoms with Gasteiger partial charge in [-0.15, -0.1) is 0 Å². The molecule has 0 saturated carbocycles. The van der Waals surface area contributed by atoms with E-state index >= 15 is 0 Å². The Bertz CT molecular complexity index is 537. The van der Waals surface area contributed by atoms with Gasteiger partial charge in [-0.05, 0) is 35.5 Å². The molecule has 88 valence electrons. The molecule has 0 aromatic carbocycles. The quantitative estimate of drug-likeness (QED) is 0.937. The molecule has 0 aliphatic carbocycles. The van der Waals surface area contributed by atoms with Crippen LogP contribution in [0.3, 0.4) is 0 Å². The van der Waals surface area contributed by atoms with Gasteiger partial charge < -0.3 is 5.32 Å². The van der Waals surface area contributed by atoms with E-state index in [2.05, 4.69) is 25.3 Å². The molecule has 0 fully saturated rings. The maximum atomic E-state index is 5.98. The predicted octanol–water partition coefficient (Wildman–Crippen LogP) is 2.77. The van der Waals surface area contributed by atoms with Gasteiger partial charge in [-0.25, -0.2) is 4.98 Å². The van der Waals surface area contributed by atoms with Crippen molar-refractivity contribution in [2.75, 3.05) is 12.4 Å². The molecule has 1 N–H and O–H groups in total. The van der Waals surface area contributed by atoms with Gasteiger partial charge >= 0.3 is 0 Å². The summed E-state index contributed by atoms with van der Waals surface area (Å²) in [7, 11) is 1.70. The van der Waals surface area contributed by atoms with Crippen LogP contribution < -0.4 is 5.32 Å². The number of nitrogens with one attached hydrogen (secondary N) is 1. The van der Waals surface area contributed by atoms with Crippen molar-refractivity contribution < 1.29 is 0 Å². The first kappa shape index (κ1) is 12.3. The van der Waals surface area contributed by atoms with Gasteiger partial charge in [0, 0.05) is 13.2 Å². The maximum absolute atomic E-state index is 5.98. The van der Waals surface area contributed by atoms with E-state index in [-0.39, 0.29) is 5.28 Å². The molecule has 2 aromatic heterocycles. The second-order valence-corrected chi connectivity index (χ2v) is 4.55. The monoisotopic (exact) mass is 287 g/mol. The van der Waals surface area contributed by atoms with Gasteiger partial charge in [0.1, 0.15) is 5.03 Å². The van der Waals surface area contributed by atoms with Crippen LogP contribution >= 0.6 is 35.0 Å². The Morgan fingerprint density at radius 2 is 2.06 bits per heavy atom. The fourth-order valence-electron chi connectivity index (χ4n) is 1.02. The van der Waals surface area contributed by atoms with Crippen molar-refractivity contribution in [1.29, 1.82) is 0 Å². The van der Waals surface area contributed by atoms with Crippen molar-refractivity contribution >= 4 is 40.9 Å². The van der Waals surface area contributed by atoms with Crippen LogP contribution in [0, 0.1) is 0 Å². The third-order valence-corrected chi connectivity index (χ3v) is 3.19. The second-order valence-electron chi connectivity index (χ2n) is 2.85. The average Bonchev–Trinajstić information content (AvgIpc) is 2.31. The molecule has 0 saturated heterocycles. The second kappa shape index (κ2) is 5.48. The van der Waals surface area contributed by atoms with E-state index in [1.807, 2.05) is 0 Å². The van der Waals surface area contributed by atoms with Crippen LogP contribution in [0.4, 0.5) is 5.95 Å². The fraction of sp³-hybridized carbons (Fsp3) is 0.111. The number of halogens is 2. The molecule has 0 aliphatic heterocycles. The summed E-state index contributed by atoms with van der Waals surface area (Å²) in [5, 5.41) is 4.52. The molecule has 8 heteroatoms. The Labute approximate surface area is 112 Å². The number of aromatic nitrogens is 4. The molecule has 2 rings (SSSR count). The van der Waals surface area contributed by atoms with E-state index in [0.29, 0.717) is 21.2 Å². The first-order valence-corrected chi connectivity index (χ1v) is 6.14. The zero-order chi connectivity index (χ0) is 12.3. The molecule has 0 amide bonds. The van der Waals surface area contributed by atoms with Gasteiger partial charge in [-0.3, -0.25) is 0 Å². The molecule has 0 radical (unpaired) electrons. The molecule has 0 unspecified atom stereocenters. The third-order valence-electron chi connectivity index (χ3n) is 1.72. The number of pyridine rings is 1. The minimum Gasteiger partial charge on any atom is -0.357 e. The molecule has 0 spiro atoms. The van der Waals surface area contributed by atoms with Gasteiger partial charge in [0.2, 0.25) is 11.2 Å². The zero-order valence-electron chi connectivity index (χ0n) is 8.69. The largest absolute Gasteiger partial charge is 0.357 e. The number of nitrogens with zero attached hydrogens (tertiary/aromatic N) is 4. The Morgan fingerprint density at radius 3 is 2.76 bits per heavy atom. The molecule has 0 bridgehead atoms. The van der Waals surface area contributed by atoms with Crippen molar-refractivity contribution in [3.05, 3.63) is 28.6 Å². The minimum atomic E-state index is 0.124. The Kier molecular flexibility index (Phi) is 3.98. The van der Waals surface area contributed by atoms with E-state index in [4.69, 9.17) is 23.2 Å². The van der Waals surface area contributed by atoms with Crippen molar-refractivity contribution in [3.8, 4) is 0 Å². The van der Waals surface area contributed by atoms with Gasteiger partial charge in [-0.1, -0.05) is 11.6 Å². The summed E-state index contributed by atoms with van der Waals surface area (Å²) in [6, 6.07) is 3.50. The third kappa shape index (κ3) is 3.18. The van der Waals surface area contributed by atoms with Crippen LogP contribution in [-0.2, 0) is 0 Å². The standard InChI is InChI=1S/C9H7Cl2N5S/c1-12-8-14-7(11)15-9(16-8)17-6-5(10)3-2-4-13-6/h2-4H,1H3,(H,12,14,15,16). The van der Waals surface area contributed by atoms with Gasteiger partial charge in [0.05, 0.1) is 5.02 Å². The molecule has 2 aromatic rings. The average molecular weight is 288 g/mol. The Balaban J connectivity index is 2.30. The summed E-state index contributed by atoms with van der Waals surface area (Å²) >= 11 is 13.0. The van der Waals surface area contributed by atoms with Crippen LogP contribution in [0.15, 0.2) is 28.5 Å². The summed E-state index contributed by atoms with van der Waals surface area (Å²) in [5.41, 5.74) is 0. The minimum absolute atomic E-state index is 0.124. The van der Waals surface area contributed by atoms with E-state index in [1.54, 1.807) is 25.4 Å². The van der Waals surface area contributed by atoms with Crippen LogP contribution in [-0.4, -0.2) is 27.0 Å². The molecule has 5 nitrogen and oxygen atoms in total. The smallest absolute Gasteiger partial charge is 0.228 e. The first-order valence-electron chi connectivity index (χ1n) is 4.57. The molecule has 17 heavy (non-hydrogen) atoms. The molecule has 0 atom stereocenters. The molecular formula is C9H7Cl2N5S. The van der Waals surface area contributed by atoms with E-state index in [9.17, 15) is 0 Å². The first-order chi connectivity index (χ1) is 8.19. The Hall–Kier alpha value is -1.11. The van der Waals surface area contributed by atoms with Crippen molar-refractivity contribution in [1.82, 2.24) is 19.9 Å². The van der Waals surface area contributed by atoms with Crippen LogP contribution in [0.2, 0.25) is 10.3 Å². The van der Waals surface area contributed by atoms with E-state index in [1.165, 1.54) is 11.8 Å². The van der Waals surface area contributed by atoms with Crippen LogP contribution in [0.1, 0.15) is 0 Å². The number of anilines is 1. The summed E-state index contributed by atoms with van der Waals surface area (Å²) in [5.74, 6) is 0.402. The van der Waals surface area contributed by atoms with E-state index in [0.717, 1.165) is 0 Å². The van der Waals surface area contributed by atoms with Crippen LogP contribution in [0.5, 0.6) is 0 Å². The fourth-order valence-corrected chi connectivity index (χ4v) is 2.19. The molecular weight excluding hydrogens is 281 g/mol. The lowest BCUT2D eigenvalue weighted by Gasteiger charge is -2.03. The Morgan fingerprint density at radius 1 is 1.24 bits per heavy atom. The lowest BCUT2D eigenvalue weighted by atomic mass is 10.5. The normalized spacial score (nSPS) is 10.3. The maximum Gasteiger partial charge on any atom is 0.228 e.